The van der Waals surface area contributed by atoms with Crippen LogP contribution in [0.5, 0.6) is 11.5 Å². The SMILES string of the molecule is CCCCCCCCNC(N)=NCc1ccc(OCC(=O)NCC)c(OC)c1. The van der Waals surface area contributed by atoms with E-state index in [-0.39, 0.29) is 12.5 Å². The zero-order chi connectivity index (χ0) is 20.6. The molecule has 0 fully saturated rings. The van der Waals surface area contributed by atoms with Gasteiger partial charge in [0.05, 0.1) is 13.7 Å². The lowest BCUT2D eigenvalue weighted by molar-refractivity contribution is -0.123. The molecule has 1 rings (SSSR count). The van der Waals surface area contributed by atoms with Gasteiger partial charge in [-0.05, 0) is 31.0 Å². The molecule has 0 bridgehead atoms. The van der Waals surface area contributed by atoms with E-state index < -0.39 is 0 Å². The van der Waals surface area contributed by atoms with Crippen molar-refractivity contribution in [1.29, 1.82) is 0 Å². The number of nitrogens with two attached hydrogens (primary N) is 1. The van der Waals surface area contributed by atoms with Crippen molar-refractivity contribution in [1.82, 2.24) is 10.6 Å². The summed E-state index contributed by atoms with van der Waals surface area (Å²) >= 11 is 0. The lowest BCUT2D eigenvalue weighted by Crippen LogP contribution is -2.32. The lowest BCUT2D eigenvalue weighted by atomic mass is 10.1. The average Bonchev–Trinajstić information content (AvgIpc) is 2.70. The highest BCUT2D eigenvalue weighted by Crippen LogP contribution is 2.28. The van der Waals surface area contributed by atoms with Crippen LogP contribution in [0.2, 0.25) is 0 Å². The summed E-state index contributed by atoms with van der Waals surface area (Å²) in [6.07, 6.45) is 7.49. The standard InChI is InChI=1S/C21H36N4O3/c1-4-6-7-8-9-10-13-24-21(22)25-15-17-11-12-18(19(14-17)27-3)28-16-20(26)23-5-2/h11-12,14H,4-10,13,15-16H2,1-3H3,(H,23,26)(H3,22,24,25). The molecule has 0 saturated carbocycles. The van der Waals surface area contributed by atoms with Crippen LogP contribution in [0.15, 0.2) is 23.2 Å². The molecule has 0 aromatic heterocycles. The normalized spacial score (nSPS) is 11.2. The number of nitrogens with zero attached hydrogens (tertiary/aromatic N) is 1. The molecule has 1 amide bonds. The predicted molar refractivity (Wildman–Crippen MR) is 114 cm³/mol. The van der Waals surface area contributed by atoms with Gasteiger partial charge in [0.25, 0.3) is 5.91 Å². The van der Waals surface area contributed by atoms with E-state index in [9.17, 15) is 4.79 Å². The number of likely N-dealkylation sites (N-methyl/N-ethyl adjacent to an activating group) is 1. The van der Waals surface area contributed by atoms with Crippen LogP contribution in [0.4, 0.5) is 0 Å². The molecule has 0 atom stereocenters. The maximum absolute atomic E-state index is 11.5. The highest BCUT2D eigenvalue weighted by Gasteiger charge is 2.08. The Morgan fingerprint density at radius 1 is 1.07 bits per heavy atom. The van der Waals surface area contributed by atoms with Gasteiger partial charge in [-0.3, -0.25) is 4.79 Å². The molecule has 0 spiro atoms. The number of benzene rings is 1. The maximum Gasteiger partial charge on any atom is 0.257 e. The van der Waals surface area contributed by atoms with Crippen molar-refractivity contribution in [2.45, 2.75) is 58.9 Å². The summed E-state index contributed by atoms with van der Waals surface area (Å²) in [7, 11) is 1.57. The second kappa shape index (κ2) is 14.6. The van der Waals surface area contributed by atoms with Crippen LogP contribution >= 0.6 is 0 Å². The van der Waals surface area contributed by atoms with Gasteiger partial charge < -0.3 is 25.8 Å². The highest BCUT2D eigenvalue weighted by molar-refractivity contribution is 5.78. The van der Waals surface area contributed by atoms with Crippen LogP contribution in [0, 0.1) is 0 Å². The summed E-state index contributed by atoms with van der Waals surface area (Å²) in [5.74, 6) is 1.37. The zero-order valence-corrected chi connectivity index (χ0v) is 17.6. The van der Waals surface area contributed by atoms with Crippen molar-refractivity contribution in [3.8, 4) is 11.5 Å². The lowest BCUT2D eigenvalue weighted by Gasteiger charge is -2.12. The highest BCUT2D eigenvalue weighted by atomic mass is 16.5. The minimum absolute atomic E-state index is 0.0446. The first-order valence-corrected chi connectivity index (χ1v) is 10.2. The summed E-state index contributed by atoms with van der Waals surface area (Å²) in [6.45, 7) is 5.91. The predicted octanol–water partition coefficient (Wildman–Crippen LogP) is 2.97. The molecule has 0 heterocycles. The van der Waals surface area contributed by atoms with Crippen LogP contribution in [-0.4, -0.2) is 38.7 Å². The van der Waals surface area contributed by atoms with Crippen LogP contribution in [0.1, 0.15) is 57.9 Å². The summed E-state index contributed by atoms with van der Waals surface area (Å²) in [5.41, 5.74) is 6.88. The first-order chi connectivity index (χ1) is 13.6. The molecule has 7 heteroatoms. The van der Waals surface area contributed by atoms with E-state index in [0.717, 1.165) is 18.5 Å². The number of carbonyl (C=O) groups excluding carboxylic acids is 1. The van der Waals surface area contributed by atoms with Crippen molar-refractivity contribution >= 4 is 11.9 Å². The first kappa shape index (κ1) is 23.6. The van der Waals surface area contributed by atoms with Gasteiger partial charge in [0.15, 0.2) is 24.1 Å². The quantitative estimate of drug-likeness (QED) is 0.257. The van der Waals surface area contributed by atoms with Gasteiger partial charge in [0, 0.05) is 13.1 Å². The number of rotatable bonds is 14. The third kappa shape index (κ3) is 10.0. The molecular formula is C21H36N4O3. The molecule has 1 aromatic carbocycles. The van der Waals surface area contributed by atoms with E-state index in [4.69, 9.17) is 15.2 Å². The molecule has 4 N–H and O–H groups in total. The van der Waals surface area contributed by atoms with Crippen LogP contribution < -0.4 is 25.8 Å². The molecular weight excluding hydrogens is 356 g/mol. The van der Waals surface area contributed by atoms with Gasteiger partial charge in [0.1, 0.15) is 0 Å². The molecule has 28 heavy (non-hydrogen) atoms. The fraction of sp³-hybridized carbons (Fsp3) is 0.619. The zero-order valence-electron chi connectivity index (χ0n) is 17.6. The van der Waals surface area contributed by atoms with E-state index >= 15 is 0 Å². The largest absolute Gasteiger partial charge is 0.493 e. The minimum atomic E-state index is -0.164. The van der Waals surface area contributed by atoms with Gasteiger partial charge in [-0.1, -0.05) is 45.1 Å². The first-order valence-electron chi connectivity index (χ1n) is 10.2. The van der Waals surface area contributed by atoms with E-state index in [1.807, 2.05) is 19.1 Å². The molecule has 0 aliphatic carbocycles. The van der Waals surface area contributed by atoms with Gasteiger partial charge in [-0.15, -0.1) is 0 Å². The summed E-state index contributed by atoms with van der Waals surface area (Å²) in [5, 5.41) is 5.84. The van der Waals surface area contributed by atoms with Crippen LogP contribution in [0.25, 0.3) is 0 Å². The molecule has 158 valence electrons. The Bertz CT molecular complexity index is 605. The third-order valence-corrected chi connectivity index (χ3v) is 4.23. The molecule has 1 aromatic rings. The molecule has 0 saturated heterocycles. The number of methoxy groups -OCH3 is 1. The molecule has 0 radical (unpaired) electrons. The van der Waals surface area contributed by atoms with Gasteiger partial charge in [0.2, 0.25) is 0 Å². The minimum Gasteiger partial charge on any atom is -0.493 e. The van der Waals surface area contributed by atoms with Crippen LogP contribution in [0.3, 0.4) is 0 Å². The summed E-state index contributed by atoms with van der Waals surface area (Å²) in [4.78, 5) is 15.9. The summed E-state index contributed by atoms with van der Waals surface area (Å²) < 4.78 is 10.9. The number of hydrogen-bond donors (Lipinski definition) is 3. The van der Waals surface area contributed by atoms with E-state index in [1.54, 1.807) is 13.2 Å². The second-order valence-electron chi connectivity index (χ2n) is 6.62. The Morgan fingerprint density at radius 2 is 1.82 bits per heavy atom. The van der Waals surface area contributed by atoms with Crippen molar-refractivity contribution in [3.63, 3.8) is 0 Å². The van der Waals surface area contributed by atoms with E-state index in [2.05, 4.69) is 22.5 Å². The Morgan fingerprint density at radius 3 is 2.54 bits per heavy atom. The maximum atomic E-state index is 11.5. The Balaban J connectivity index is 2.42. The fourth-order valence-corrected chi connectivity index (χ4v) is 2.68. The fourth-order valence-electron chi connectivity index (χ4n) is 2.68. The average molecular weight is 393 g/mol. The number of amides is 1. The number of nitrogens with one attached hydrogen (secondary N) is 2. The van der Waals surface area contributed by atoms with Crippen LogP contribution in [-0.2, 0) is 11.3 Å². The number of unbranched alkanes of at least 4 members (excludes halogenated alkanes) is 5. The van der Waals surface area contributed by atoms with E-state index in [1.165, 1.54) is 32.1 Å². The molecule has 0 aliphatic heterocycles. The van der Waals surface area contributed by atoms with E-state index in [0.29, 0.717) is 30.5 Å². The number of ether oxygens (including phenoxy) is 2. The van der Waals surface area contributed by atoms with Gasteiger partial charge in [-0.25, -0.2) is 4.99 Å². The Hall–Kier alpha value is -2.44. The van der Waals surface area contributed by atoms with Gasteiger partial charge >= 0.3 is 0 Å². The molecule has 7 nitrogen and oxygen atoms in total. The smallest absolute Gasteiger partial charge is 0.257 e. The number of guanidine groups is 1. The number of aliphatic imine (C=N–C) groups is 1. The third-order valence-electron chi connectivity index (χ3n) is 4.23. The van der Waals surface area contributed by atoms with Crippen molar-refractivity contribution in [2.24, 2.45) is 10.7 Å². The molecule has 0 unspecified atom stereocenters. The second-order valence-corrected chi connectivity index (χ2v) is 6.62. The Kier molecular flexibility index (Phi) is 12.3. The topological polar surface area (TPSA) is 98.0 Å². The van der Waals surface area contributed by atoms with Crippen molar-refractivity contribution in [3.05, 3.63) is 23.8 Å². The number of hydrogen-bond acceptors (Lipinski definition) is 4. The molecule has 0 aliphatic rings. The number of carbonyl (C=O) groups is 1. The summed E-state index contributed by atoms with van der Waals surface area (Å²) in [6, 6.07) is 5.51. The van der Waals surface area contributed by atoms with Crippen molar-refractivity contribution in [2.75, 3.05) is 26.8 Å². The monoisotopic (exact) mass is 392 g/mol. The van der Waals surface area contributed by atoms with Crippen molar-refractivity contribution < 1.29 is 14.3 Å². The van der Waals surface area contributed by atoms with Gasteiger partial charge in [-0.2, -0.15) is 0 Å². The Labute approximate surface area is 169 Å².